The Bertz CT molecular complexity index is 1280. The van der Waals surface area contributed by atoms with Gasteiger partial charge < -0.3 is 14.8 Å². The third kappa shape index (κ3) is 7.78. The molecule has 0 aliphatic carbocycles. The Morgan fingerprint density at radius 2 is 1.77 bits per heavy atom. The van der Waals surface area contributed by atoms with Crippen LogP contribution in [0.1, 0.15) is 28.4 Å². The number of carbonyl (C=O) groups is 2. The van der Waals surface area contributed by atoms with E-state index in [4.69, 9.17) is 9.47 Å². The van der Waals surface area contributed by atoms with E-state index in [1.54, 1.807) is 37.3 Å². The minimum Gasteiger partial charge on any atom is -0.487 e. The van der Waals surface area contributed by atoms with Crippen molar-refractivity contribution in [1.82, 2.24) is 0 Å². The molecule has 0 saturated carbocycles. The first-order valence-corrected chi connectivity index (χ1v) is 13.3. The molecular weight excluding hydrogens is 738 g/mol. The number of nitrogens with zero attached hydrogens (tertiary/aromatic N) is 1. The van der Waals surface area contributed by atoms with Gasteiger partial charge in [-0.3, -0.25) is 4.79 Å². The maximum Gasteiger partial charge on any atom is 0.338 e. The Balaban J connectivity index is 1.71. The van der Waals surface area contributed by atoms with Crippen molar-refractivity contribution < 1.29 is 19.1 Å². The number of nitriles is 1. The first-order valence-electron chi connectivity index (χ1n) is 10.4. The SMILES string of the molecule is CCOC(=O)c1ccc(NC(=O)/C(C#N)=C/c2cc(Br)c(OCc3ccc(I)cc3)c(I)c2)cc1. The van der Waals surface area contributed by atoms with E-state index >= 15 is 0 Å². The van der Waals surface area contributed by atoms with Crippen LogP contribution in [0, 0.1) is 18.5 Å². The highest BCUT2D eigenvalue weighted by Crippen LogP contribution is 2.33. The maximum absolute atomic E-state index is 12.7. The Hall–Kier alpha value is -2.43. The monoisotopic (exact) mass is 756 g/mol. The predicted octanol–water partition coefficient (Wildman–Crippen LogP) is 6.96. The van der Waals surface area contributed by atoms with Crippen LogP contribution in [-0.2, 0) is 16.1 Å². The van der Waals surface area contributed by atoms with Crippen LogP contribution in [0.25, 0.3) is 6.08 Å². The van der Waals surface area contributed by atoms with Crippen LogP contribution in [0.3, 0.4) is 0 Å². The molecule has 0 unspecified atom stereocenters. The van der Waals surface area contributed by atoms with Crippen LogP contribution in [0.15, 0.2) is 70.7 Å². The molecule has 3 aromatic carbocycles. The van der Waals surface area contributed by atoms with E-state index in [1.807, 2.05) is 36.4 Å². The summed E-state index contributed by atoms with van der Waals surface area (Å²) in [5.41, 5.74) is 2.50. The summed E-state index contributed by atoms with van der Waals surface area (Å²) in [6, 6.07) is 19.9. The van der Waals surface area contributed by atoms with Crippen molar-refractivity contribution in [3.63, 3.8) is 0 Å². The van der Waals surface area contributed by atoms with Gasteiger partial charge in [-0.15, -0.1) is 0 Å². The van der Waals surface area contributed by atoms with Crippen molar-refractivity contribution in [3.05, 3.63) is 94.5 Å². The van der Waals surface area contributed by atoms with Crippen LogP contribution in [0.4, 0.5) is 5.69 Å². The summed E-state index contributed by atoms with van der Waals surface area (Å²) in [5, 5.41) is 12.2. The second kappa shape index (κ2) is 13.0. The number of hydrogen-bond donors (Lipinski definition) is 1. The molecule has 35 heavy (non-hydrogen) atoms. The number of amides is 1. The Kier molecular flexibility index (Phi) is 10.1. The minimum absolute atomic E-state index is 0.0604. The van der Waals surface area contributed by atoms with E-state index in [-0.39, 0.29) is 12.2 Å². The molecule has 3 rings (SSSR count). The molecule has 6 nitrogen and oxygen atoms in total. The lowest BCUT2D eigenvalue weighted by Crippen LogP contribution is -2.13. The third-order valence-electron chi connectivity index (χ3n) is 4.65. The number of anilines is 1. The van der Waals surface area contributed by atoms with Gasteiger partial charge in [0.05, 0.1) is 20.2 Å². The first kappa shape index (κ1) is 27.2. The number of hydrogen-bond acceptors (Lipinski definition) is 5. The van der Waals surface area contributed by atoms with Gasteiger partial charge in [0.15, 0.2) is 0 Å². The second-order valence-corrected chi connectivity index (χ2v) is 10.4. The smallest absolute Gasteiger partial charge is 0.338 e. The fraction of sp³-hybridized carbons (Fsp3) is 0.115. The molecule has 0 radical (unpaired) electrons. The van der Waals surface area contributed by atoms with Crippen molar-refractivity contribution in [1.29, 1.82) is 5.26 Å². The Morgan fingerprint density at radius 1 is 1.09 bits per heavy atom. The van der Waals surface area contributed by atoms with Gasteiger partial charge in [0, 0.05) is 9.26 Å². The molecule has 178 valence electrons. The van der Waals surface area contributed by atoms with Crippen LogP contribution in [0.2, 0.25) is 0 Å². The molecule has 1 N–H and O–H groups in total. The summed E-state index contributed by atoms with van der Waals surface area (Å²) >= 11 is 7.95. The topological polar surface area (TPSA) is 88.4 Å². The zero-order valence-electron chi connectivity index (χ0n) is 18.5. The van der Waals surface area contributed by atoms with Gasteiger partial charge in [-0.05, 0) is 134 Å². The lowest BCUT2D eigenvalue weighted by molar-refractivity contribution is -0.112. The lowest BCUT2D eigenvalue weighted by Gasteiger charge is -2.12. The van der Waals surface area contributed by atoms with E-state index in [9.17, 15) is 14.9 Å². The van der Waals surface area contributed by atoms with E-state index in [0.29, 0.717) is 33.6 Å². The van der Waals surface area contributed by atoms with E-state index in [1.165, 1.54) is 6.08 Å². The number of esters is 1. The number of carbonyl (C=O) groups excluding carboxylic acids is 2. The van der Waals surface area contributed by atoms with E-state index in [2.05, 4.69) is 66.4 Å². The highest BCUT2D eigenvalue weighted by Gasteiger charge is 2.14. The highest BCUT2D eigenvalue weighted by molar-refractivity contribution is 14.1. The van der Waals surface area contributed by atoms with E-state index < -0.39 is 11.9 Å². The summed E-state index contributed by atoms with van der Waals surface area (Å²) in [4.78, 5) is 24.4. The van der Waals surface area contributed by atoms with Crippen LogP contribution >= 0.6 is 61.1 Å². The summed E-state index contributed by atoms with van der Waals surface area (Å²) < 4.78 is 13.6. The van der Waals surface area contributed by atoms with Crippen molar-refractivity contribution in [2.75, 3.05) is 11.9 Å². The van der Waals surface area contributed by atoms with Gasteiger partial charge >= 0.3 is 5.97 Å². The molecule has 0 spiro atoms. The van der Waals surface area contributed by atoms with Crippen LogP contribution in [0.5, 0.6) is 5.75 Å². The molecule has 0 aliphatic heterocycles. The third-order valence-corrected chi connectivity index (χ3v) is 6.76. The van der Waals surface area contributed by atoms with Crippen molar-refractivity contribution in [3.8, 4) is 11.8 Å². The first-order chi connectivity index (χ1) is 16.8. The van der Waals surface area contributed by atoms with Crippen LogP contribution in [-0.4, -0.2) is 18.5 Å². The normalized spacial score (nSPS) is 10.9. The summed E-state index contributed by atoms with van der Waals surface area (Å²) in [6.07, 6.45) is 1.51. The number of benzene rings is 3. The van der Waals surface area contributed by atoms with Crippen molar-refractivity contribution in [2.45, 2.75) is 13.5 Å². The number of halogens is 3. The zero-order chi connectivity index (χ0) is 25.4. The Morgan fingerprint density at radius 3 is 2.37 bits per heavy atom. The number of nitrogens with one attached hydrogen (secondary N) is 1. The molecule has 0 atom stereocenters. The standard InChI is InChI=1S/C26H19BrI2N2O4/c1-2-34-26(33)18-5-9-21(10-6-18)31-25(32)19(14-30)11-17-12-22(27)24(23(29)13-17)35-15-16-3-7-20(28)8-4-16/h3-13H,2,15H2,1H3,(H,31,32)/b19-11+. The summed E-state index contributed by atoms with van der Waals surface area (Å²) in [6.45, 7) is 2.43. The molecule has 0 aliphatic rings. The molecule has 9 heteroatoms. The quantitative estimate of drug-likeness (QED) is 0.116. The number of ether oxygens (including phenoxy) is 2. The van der Waals surface area contributed by atoms with Gasteiger partial charge in [0.1, 0.15) is 24.0 Å². The molecule has 0 saturated heterocycles. The summed E-state index contributed by atoms with van der Waals surface area (Å²) in [7, 11) is 0. The minimum atomic E-state index is -0.554. The van der Waals surface area contributed by atoms with Crippen LogP contribution < -0.4 is 10.1 Å². The van der Waals surface area contributed by atoms with Gasteiger partial charge in [-0.25, -0.2) is 4.79 Å². The molecule has 0 fully saturated rings. The van der Waals surface area contributed by atoms with Gasteiger partial charge in [0.2, 0.25) is 0 Å². The fourth-order valence-electron chi connectivity index (χ4n) is 2.95. The highest BCUT2D eigenvalue weighted by atomic mass is 127. The second-order valence-electron chi connectivity index (χ2n) is 7.15. The van der Waals surface area contributed by atoms with Crippen molar-refractivity contribution >= 4 is 84.8 Å². The lowest BCUT2D eigenvalue weighted by atomic mass is 10.1. The van der Waals surface area contributed by atoms with Crippen molar-refractivity contribution in [2.24, 2.45) is 0 Å². The molecule has 0 heterocycles. The average molecular weight is 757 g/mol. The zero-order valence-corrected chi connectivity index (χ0v) is 24.4. The van der Waals surface area contributed by atoms with Gasteiger partial charge in [0.25, 0.3) is 5.91 Å². The number of rotatable bonds is 8. The average Bonchev–Trinajstić information content (AvgIpc) is 2.83. The van der Waals surface area contributed by atoms with Gasteiger partial charge in [-0.2, -0.15) is 5.26 Å². The van der Waals surface area contributed by atoms with Gasteiger partial charge in [-0.1, -0.05) is 12.1 Å². The molecule has 0 aromatic heterocycles. The largest absolute Gasteiger partial charge is 0.487 e. The van der Waals surface area contributed by atoms with E-state index in [0.717, 1.165) is 12.7 Å². The fourth-order valence-corrected chi connectivity index (χ4v) is 5.08. The predicted molar refractivity (Wildman–Crippen MR) is 155 cm³/mol. The molecule has 1 amide bonds. The summed E-state index contributed by atoms with van der Waals surface area (Å²) in [5.74, 6) is -0.304. The molecular formula is C26H19BrI2N2O4. The Labute approximate surface area is 239 Å². The maximum atomic E-state index is 12.7. The molecule has 0 bridgehead atoms. The molecule has 3 aromatic rings.